The third kappa shape index (κ3) is 2.89. The smallest absolute Gasteiger partial charge is 0.159 e. The molecule has 1 aromatic carbocycles. The molecule has 7 heteroatoms. The molecular formula is C13H15BrN2O2S2. The molecule has 0 spiro atoms. The lowest BCUT2D eigenvalue weighted by Crippen LogP contribution is -2.35. The van der Waals surface area contributed by atoms with Crippen LogP contribution >= 0.6 is 27.7 Å². The number of halogens is 1. The summed E-state index contributed by atoms with van der Waals surface area (Å²) < 4.78 is 24.3. The number of benzene rings is 1. The molecule has 1 fully saturated rings. The van der Waals surface area contributed by atoms with E-state index < -0.39 is 9.84 Å². The molecule has 0 bridgehead atoms. The second-order valence-corrected chi connectivity index (χ2v) is 9.16. The van der Waals surface area contributed by atoms with Crippen LogP contribution in [-0.2, 0) is 15.6 Å². The van der Waals surface area contributed by atoms with Crippen LogP contribution in [0.15, 0.2) is 33.7 Å². The number of amidine groups is 1. The third-order valence-corrected chi connectivity index (χ3v) is 7.01. The predicted octanol–water partition coefficient (Wildman–Crippen LogP) is 2.15. The van der Waals surface area contributed by atoms with Gasteiger partial charge in [0.1, 0.15) is 0 Å². The largest absolute Gasteiger partial charge is 0.348 e. The summed E-state index contributed by atoms with van der Waals surface area (Å²) in [5.74, 6) is 1.28. The molecule has 2 aliphatic heterocycles. The summed E-state index contributed by atoms with van der Waals surface area (Å²) in [6.07, 6.45) is 0. The molecule has 0 N–H and O–H groups in total. The number of aliphatic imine (C=N–C) groups is 1. The molecule has 0 saturated carbocycles. The van der Waals surface area contributed by atoms with E-state index in [0.29, 0.717) is 0 Å². The molecule has 0 radical (unpaired) electrons. The van der Waals surface area contributed by atoms with Crippen molar-refractivity contribution in [3.8, 4) is 0 Å². The summed E-state index contributed by atoms with van der Waals surface area (Å²) in [6.45, 7) is 0. The topological polar surface area (TPSA) is 49.7 Å². The van der Waals surface area contributed by atoms with E-state index in [1.54, 1.807) is 11.8 Å². The summed E-state index contributed by atoms with van der Waals surface area (Å²) in [7, 11) is -0.954. The van der Waals surface area contributed by atoms with Crippen molar-refractivity contribution in [3.63, 3.8) is 0 Å². The second-order valence-electron chi connectivity index (χ2n) is 5.15. The van der Waals surface area contributed by atoms with Crippen molar-refractivity contribution in [2.75, 3.05) is 18.6 Å². The number of hydrogen-bond acceptors (Lipinski definition) is 5. The zero-order valence-electron chi connectivity index (χ0n) is 11.0. The Morgan fingerprint density at radius 2 is 2.05 bits per heavy atom. The predicted molar refractivity (Wildman–Crippen MR) is 86.9 cm³/mol. The first-order valence-corrected chi connectivity index (χ1v) is 9.93. The van der Waals surface area contributed by atoms with Crippen LogP contribution in [0.25, 0.3) is 0 Å². The first-order chi connectivity index (χ1) is 9.44. The van der Waals surface area contributed by atoms with Gasteiger partial charge in [0, 0.05) is 17.3 Å². The van der Waals surface area contributed by atoms with Crippen LogP contribution < -0.4 is 0 Å². The molecule has 108 valence electrons. The van der Waals surface area contributed by atoms with Gasteiger partial charge in [-0.25, -0.2) is 8.42 Å². The molecule has 2 atom stereocenters. The Kier molecular flexibility index (Phi) is 3.85. The highest BCUT2D eigenvalue weighted by atomic mass is 79.9. The van der Waals surface area contributed by atoms with Gasteiger partial charge in [0.25, 0.3) is 0 Å². The minimum Gasteiger partial charge on any atom is -0.348 e. The van der Waals surface area contributed by atoms with Gasteiger partial charge in [0.15, 0.2) is 15.0 Å². The summed E-state index contributed by atoms with van der Waals surface area (Å²) in [5, 5.41) is 0.956. The van der Waals surface area contributed by atoms with E-state index in [1.807, 2.05) is 24.1 Å². The minimum atomic E-state index is -2.90. The van der Waals surface area contributed by atoms with E-state index in [1.165, 1.54) is 5.56 Å². The van der Waals surface area contributed by atoms with Crippen molar-refractivity contribution >= 4 is 42.7 Å². The Labute approximate surface area is 131 Å². The average Bonchev–Trinajstić information content (AvgIpc) is 2.83. The lowest BCUT2D eigenvalue weighted by molar-refractivity contribution is 0.410. The summed E-state index contributed by atoms with van der Waals surface area (Å²) in [5.41, 5.74) is 1.24. The molecule has 0 aromatic heterocycles. The van der Waals surface area contributed by atoms with Gasteiger partial charge in [-0.2, -0.15) is 0 Å². The average molecular weight is 375 g/mol. The fraction of sp³-hybridized carbons (Fsp3) is 0.462. The van der Waals surface area contributed by atoms with Crippen LogP contribution in [0.5, 0.6) is 0 Å². The van der Waals surface area contributed by atoms with Gasteiger partial charge in [-0.15, -0.1) is 0 Å². The van der Waals surface area contributed by atoms with Crippen LogP contribution in [0.4, 0.5) is 0 Å². The van der Waals surface area contributed by atoms with Crippen LogP contribution in [0.3, 0.4) is 0 Å². The Morgan fingerprint density at radius 3 is 2.70 bits per heavy atom. The Bertz CT molecular complexity index is 643. The second kappa shape index (κ2) is 5.35. The maximum absolute atomic E-state index is 11.6. The van der Waals surface area contributed by atoms with Crippen molar-refractivity contribution in [1.29, 1.82) is 0 Å². The quantitative estimate of drug-likeness (QED) is 0.795. The Hall–Kier alpha value is -0.530. The van der Waals surface area contributed by atoms with Crippen molar-refractivity contribution in [1.82, 2.24) is 4.90 Å². The fourth-order valence-corrected chi connectivity index (χ4v) is 5.77. The van der Waals surface area contributed by atoms with Crippen molar-refractivity contribution in [3.05, 3.63) is 34.3 Å². The number of nitrogens with zero attached hydrogens (tertiary/aromatic N) is 2. The van der Waals surface area contributed by atoms with Crippen molar-refractivity contribution < 1.29 is 8.42 Å². The molecule has 0 amide bonds. The van der Waals surface area contributed by atoms with Crippen LogP contribution in [0, 0.1) is 0 Å². The number of thioether (sulfide) groups is 1. The molecule has 1 saturated heterocycles. The number of rotatable bonds is 2. The molecule has 1 aromatic rings. The van der Waals surface area contributed by atoms with Crippen molar-refractivity contribution in [2.45, 2.75) is 17.8 Å². The fourth-order valence-electron chi connectivity index (χ4n) is 2.55. The minimum absolute atomic E-state index is 0.0346. The van der Waals surface area contributed by atoms with Gasteiger partial charge >= 0.3 is 0 Å². The molecule has 3 rings (SSSR count). The molecule has 20 heavy (non-hydrogen) atoms. The number of fused-ring (bicyclic) bond motifs is 1. The van der Waals surface area contributed by atoms with Crippen LogP contribution in [0.1, 0.15) is 5.56 Å². The van der Waals surface area contributed by atoms with E-state index in [-0.39, 0.29) is 23.6 Å². The number of hydrogen-bond donors (Lipinski definition) is 0. The lowest BCUT2D eigenvalue weighted by Gasteiger charge is -2.20. The Morgan fingerprint density at radius 1 is 1.35 bits per heavy atom. The van der Waals surface area contributed by atoms with Crippen molar-refractivity contribution in [2.24, 2.45) is 4.99 Å². The van der Waals surface area contributed by atoms with Gasteiger partial charge < -0.3 is 4.90 Å². The zero-order valence-corrected chi connectivity index (χ0v) is 14.2. The monoisotopic (exact) mass is 374 g/mol. The van der Waals surface area contributed by atoms with E-state index >= 15 is 0 Å². The van der Waals surface area contributed by atoms with Gasteiger partial charge in [0.05, 0.1) is 23.6 Å². The standard InChI is InChI=1S/C13H15BrN2O2S2/c1-16-12-8-20(17,18)7-11(12)15-13(16)19-6-9-2-4-10(14)5-3-9/h2-5,11-12H,6-8H2,1H3/t11-,12-/m1/s1. The number of likely N-dealkylation sites (N-methyl/N-ethyl adjacent to an activating group) is 1. The van der Waals surface area contributed by atoms with Crippen LogP contribution in [0.2, 0.25) is 0 Å². The van der Waals surface area contributed by atoms with Gasteiger partial charge in [-0.3, -0.25) is 4.99 Å². The normalized spacial score (nSPS) is 27.5. The zero-order chi connectivity index (χ0) is 14.3. The molecular weight excluding hydrogens is 360 g/mol. The van der Waals surface area contributed by atoms with E-state index in [0.717, 1.165) is 15.4 Å². The maximum atomic E-state index is 11.6. The molecule has 2 aliphatic rings. The van der Waals surface area contributed by atoms with Gasteiger partial charge in [-0.1, -0.05) is 39.8 Å². The molecule has 0 unspecified atom stereocenters. The van der Waals surface area contributed by atoms with E-state index in [9.17, 15) is 8.42 Å². The summed E-state index contributed by atoms with van der Waals surface area (Å²) in [4.78, 5) is 6.60. The van der Waals surface area contributed by atoms with E-state index in [2.05, 4.69) is 33.1 Å². The molecule has 2 heterocycles. The van der Waals surface area contributed by atoms with Gasteiger partial charge in [0.2, 0.25) is 0 Å². The first-order valence-electron chi connectivity index (χ1n) is 6.33. The highest BCUT2D eigenvalue weighted by Gasteiger charge is 2.44. The number of sulfone groups is 1. The highest BCUT2D eigenvalue weighted by Crippen LogP contribution is 2.30. The molecule has 4 nitrogen and oxygen atoms in total. The van der Waals surface area contributed by atoms with E-state index in [4.69, 9.17) is 0 Å². The summed E-state index contributed by atoms with van der Waals surface area (Å²) in [6, 6.07) is 8.18. The van der Waals surface area contributed by atoms with Gasteiger partial charge in [-0.05, 0) is 17.7 Å². The SMILES string of the molecule is CN1C(SCc2ccc(Br)cc2)=N[C@@H]2CS(=O)(=O)C[C@H]21. The lowest BCUT2D eigenvalue weighted by atomic mass is 10.2. The summed E-state index contributed by atoms with van der Waals surface area (Å²) >= 11 is 5.09. The maximum Gasteiger partial charge on any atom is 0.159 e. The van der Waals surface area contributed by atoms with Crippen LogP contribution in [-0.4, -0.2) is 49.1 Å². The highest BCUT2D eigenvalue weighted by molar-refractivity contribution is 9.10. The first kappa shape index (κ1) is 14.4. The molecule has 0 aliphatic carbocycles. The Balaban J connectivity index is 1.66. The third-order valence-electron chi connectivity index (χ3n) is 3.65.